The molecule has 0 atom stereocenters. The highest BCUT2D eigenvalue weighted by Gasteiger charge is 2.18. The molecule has 2 aromatic rings. The molecular weight excluding hydrogens is 273 g/mol. The lowest BCUT2D eigenvalue weighted by Crippen LogP contribution is -2.04. The Balaban J connectivity index is 0.00000128. The average Bonchev–Trinajstić information content (AvgIpc) is 2.61. The predicted octanol–water partition coefficient (Wildman–Crippen LogP) is 2.63. The van der Waals surface area contributed by atoms with Gasteiger partial charge in [0, 0.05) is 12.4 Å². The van der Waals surface area contributed by atoms with Gasteiger partial charge < -0.3 is 5.73 Å². The monoisotopic (exact) mass is 282 g/mol. The Morgan fingerprint density at radius 2 is 1.76 bits per heavy atom. The summed E-state index contributed by atoms with van der Waals surface area (Å²) >= 11 is 0. The van der Waals surface area contributed by atoms with Crippen LogP contribution < -0.4 is 5.73 Å². The van der Waals surface area contributed by atoms with Gasteiger partial charge in [-0.25, -0.2) is 13.5 Å². The molecule has 0 saturated heterocycles. The number of rotatable bonds is 2. The highest BCUT2D eigenvalue weighted by atomic mass is 35.5. The first-order valence-electron chi connectivity index (χ1n) is 4.22. The summed E-state index contributed by atoms with van der Waals surface area (Å²) < 4.78 is 26.4. The van der Waals surface area contributed by atoms with Gasteiger partial charge in [0.2, 0.25) is 0 Å². The number of pyridine rings is 1. The van der Waals surface area contributed by atoms with Crippen LogP contribution in [0.3, 0.4) is 0 Å². The number of halogens is 4. The van der Waals surface area contributed by atoms with Crippen LogP contribution >= 0.6 is 24.8 Å². The maximum absolute atomic E-state index is 12.7. The van der Waals surface area contributed by atoms with Gasteiger partial charge in [0.15, 0.2) is 0 Å². The minimum Gasteiger partial charge on any atom is -0.396 e. The predicted molar refractivity (Wildman–Crippen MR) is 65.2 cm³/mol. The second kappa shape index (κ2) is 6.36. The van der Waals surface area contributed by atoms with Crippen molar-refractivity contribution < 1.29 is 8.78 Å². The summed E-state index contributed by atoms with van der Waals surface area (Å²) in [5, 5.41) is 3.79. The number of hydrogen-bond acceptors (Lipinski definition) is 3. The van der Waals surface area contributed by atoms with Gasteiger partial charge in [-0.15, -0.1) is 24.8 Å². The lowest BCUT2D eigenvalue weighted by Gasteiger charge is -2.06. The van der Waals surface area contributed by atoms with E-state index in [-0.39, 0.29) is 36.2 Å². The molecule has 0 aromatic carbocycles. The number of nitrogens with zero attached hydrogens (tertiary/aromatic N) is 3. The first-order chi connectivity index (χ1) is 7.20. The molecule has 2 N–H and O–H groups in total. The number of hydrogen-bond donors (Lipinski definition) is 1. The van der Waals surface area contributed by atoms with Crippen LogP contribution in [0.1, 0.15) is 12.1 Å². The fraction of sp³-hybridized carbons (Fsp3) is 0.111. The summed E-state index contributed by atoms with van der Waals surface area (Å²) in [5.74, 6) is 0. The Labute approximate surface area is 109 Å². The second-order valence-electron chi connectivity index (χ2n) is 2.90. The topological polar surface area (TPSA) is 56.7 Å². The molecule has 0 aliphatic rings. The van der Waals surface area contributed by atoms with E-state index in [1.165, 1.54) is 18.6 Å². The van der Waals surface area contributed by atoms with Crippen molar-refractivity contribution in [1.82, 2.24) is 14.8 Å². The van der Waals surface area contributed by atoms with Crippen molar-refractivity contribution >= 4 is 30.5 Å². The number of alkyl halides is 2. The summed E-state index contributed by atoms with van der Waals surface area (Å²) in [6, 6.07) is 3.16. The van der Waals surface area contributed by atoms with Crippen LogP contribution in [0.2, 0.25) is 0 Å². The largest absolute Gasteiger partial charge is 0.396 e. The molecule has 0 fully saturated rings. The SMILES string of the molecule is Cl.Cl.Nc1cnn(-c2ccncc2)c1C(F)F. The normalized spacial score (nSPS) is 9.59. The molecule has 0 radical (unpaired) electrons. The van der Waals surface area contributed by atoms with Crippen LogP contribution in [-0.4, -0.2) is 14.8 Å². The van der Waals surface area contributed by atoms with E-state index < -0.39 is 6.43 Å². The third kappa shape index (κ3) is 3.04. The van der Waals surface area contributed by atoms with Gasteiger partial charge >= 0.3 is 0 Å². The van der Waals surface area contributed by atoms with Gasteiger partial charge in [-0.05, 0) is 12.1 Å². The highest BCUT2D eigenvalue weighted by Crippen LogP contribution is 2.26. The molecule has 0 bridgehead atoms. The summed E-state index contributed by atoms with van der Waals surface area (Å²) in [6.45, 7) is 0. The maximum Gasteiger partial charge on any atom is 0.282 e. The van der Waals surface area contributed by atoms with Gasteiger partial charge in [-0.2, -0.15) is 5.10 Å². The van der Waals surface area contributed by atoms with Gasteiger partial charge in [0.25, 0.3) is 6.43 Å². The van der Waals surface area contributed by atoms with E-state index in [9.17, 15) is 8.78 Å². The van der Waals surface area contributed by atoms with Crippen molar-refractivity contribution in [3.05, 3.63) is 36.4 Å². The molecule has 94 valence electrons. The van der Waals surface area contributed by atoms with Gasteiger partial charge in [0.05, 0.1) is 17.6 Å². The molecule has 0 spiro atoms. The quantitative estimate of drug-likeness (QED) is 0.921. The van der Waals surface area contributed by atoms with Crippen LogP contribution in [0, 0.1) is 0 Å². The van der Waals surface area contributed by atoms with Gasteiger partial charge in [-0.1, -0.05) is 0 Å². The van der Waals surface area contributed by atoms with Crippen LogP contribution in [0.25, 0.3) is 5.69 Å². The molecule has 0 aliphatic carbocycles. The maximum atomic E-state index is 12.7. The summed E-state index contributed by atoms with van der Waals surface area (Å²) in [5.41, 5.74) is 5.61. The first kappa shape index (κ1) is 15.6. The fourth-order valence-corrected chi connectivity index (χ4v) is 1.28. The fourth-order valence-electron chi connectivity index (χ4n) is 1.28. The Hall–Kier alpha value is -1.40. The summed E-state index contributed by atoms with van der Waals surface area (Å²) in [7, 11) is 0. The molecule has 2 rings (SSSR count). The molecule has 2 heterocycles. The minimum atomic E-state index is -2.65. The summed E-state index contributed by atoms with van der Waals surface area (Å²) in [6.07, 6.45) is 1.56. The molecule has 0 aliphatic heterocycles. The third-order valence-corrected chi connectivity index (χ3v) is 1.95. The number of nitrogens with two attached hydrogens (primary N) is 1. The van der Waals surface area contributed by atoms with Crippen molar-refractivity contribution in [3.63, 3.8) is 0 Å². The first-order valence-corrected chi connectivity index (χ1v) is 4.22. The molecule has 0 saturated carbocycles. The van der Waals surface area contributed by atoms with Crippen LogP contribution in [0.5, 0.6) is 0 Å². The van der Waals surface area contributed by atoms with E-state index in [0.717, 1.165) is 4.68 Å². The standard InChI is InChI=1S/C9H8F2N4.2ClH/c10-9(11)8-7(12)5-14-15(8)6-1-3-13-4-2-6;;/h1-5,9H,12H2;2*1H. The lowest BCUT2D eigenvalue weighted by molar-refractivity contribution is 0.143. The number of aromatic nitrogens is 3. The Morgan fingerprint density at radius 3 is 2.29 bits per heavy atom. The molecular formula is C9H10Cl2F2N4. The molecule has 4 nitrogen and oxygen atoms in total. The van der Waals surface area contributed by atoms with Crippen LogP contribution in [0.4, 0.5) is 14.5 Å². The average molecular weight is 283 g/mol. The molecule has 0 unspecified atom stereocenters. The molecule has 0 amide bonds. The summed E-state index contributed by atoms with van der Waals surface area (Å²) in [4.78, 5) is 3.79. The third-order valence-electron chi connectivity index (χ3n) is 1.95. The van der Waals surface area contributed by atoms with Crippen LogP contribution in [-0.2, 0) is 0 Å². The van der Waals surface area contributed by atoms with E-state index in [0.29, 0.717) is 5.69 Å². The van der Waals surface area contributed by atoms with E-state index in [1.807, 2.05) is 0 Å². The highest BCUT2D eigenvalue weighted by molar-refractivity contribution is 5.85. The van der Waals surface area contributed by atoms with Crippen LogP contribution in [0.15, 0.2) is 30.7 Å². The zero-order valence-electron chi connectivity index (χ0n) is 8.46. The van der Waals surface area contributed by atoms with Crippen molar-refractivity contribution in [2.45, 2.75) is 6.43 Å². The van der Waals surface area contributed by atoms with Gasteiger partial charge in [-0.3, -0.25) is 4.98 Å². The second-order valence-corrected chi connectivity index (χ2v) is 2.90. The van der Waals surface area contributed by atoms with E-state index >= 15 is 0 Å². The van der Waals surface area contributed by atoms with Crippen molar-refractivity contribution in [2.24, 2.45) is 0 Å². The zero-order chi connectivity index (χ0) is 10.8. The van der Waals surface area contributed by atoms with E-state index in [2.05, 4.69) is 10.1 Å². The Kier molecular flexibility index (Phi) is 5.84. The molecule has 8 heteroatoms. The lowest BCUT2D eigenvalue weighted by atomic mass is 10.3. The molecule has 2 aromatic heterocycles. The zero-order valence-corrected chi connectivity index (χ0v) is 10.1. The van der Waals surface area contributed by atoms with Gasteiger partial charge in [0.1, 0.15) is 5.69 Å². The number of nitrogen functional groups attached to an aromatic ring is 1. The smallest absolute Gasteiger partial charge is 0.282 e. The molecule has 17 heavy (non-hydrogen) atoms. The Bertz CT molecular complexity index is 461. The Morgan fingerprint density at radius 1 is 1.18 bits per heavy atom. The van der Waals surface area contributed by atoms with Crippen molar-refractivity contribution in [1.29, 1.82) is 0 Å². The van der Waals surface area contributed by atoms with Crippen molar-refractivity contribution in [2.75, 3.05) is 5.73 Å². The van der Waals surface area contributed by atoms with Crippen molar-refractivity contribution in [3.8, 4) is 5.69 Å². The number of anilines is 1. The minimum absolute atomic E-state index is 0. The van der Waals surface area contributed by atoms with E-state index in [4.69, 9.17) is 5.73 Å². The van der Waals surface area contributed by atoms with E-state index in [1.54, 1.807) is 12.1 Å².